The monoisotopic (exact) mass is 353 g/mol. The van der Waals surface area contributed by atoms with Gasteiger partial charge in [-0.15, -0.1) is 0 Å². The van der Waals surface area contributed by atoms with Crippen LogP contribution in [0.2, 0.25) is 5.02 Å². The fraction of sp³-hybridized carbons (Fsp3) is 0.250. The van der Waals surface area contributed by atoms with Crippen molar-refractivity contribution in [2.45, 2.75) is 25.8 Å². The first kappa shape index (κ1) is 15.4. The van der Waals surface area contributed by atoms with Gasteiger partial charge >= 0.3 is 0 Å². The number of ether oxygens (including phenoxy) is 1. The van der Waals surface area contributed by atoms with Crippen LogP contribution < -0.4 is 10.5 Å². The summed E-state index contributed by atoms with van der Waals surface area (Å²) in [4.78, 5) is 0. The number of halogens is 2. The highest BCUT2D eigenvalue weighted by Gasteiger charge is 2.05. The Bertz CT molecular complexity index is 571. The SMILES string of the molecule is CCC(N)Cc1ccc(Oc2ccc(Cl)cc2Br)cc1. The molecule has 1 unspecified atom stereocenters. The number of rotatable bonds is 5. The van der Waals surface area contributed by atoms with E-state index in [2.05, 4.69) is 35.0 Å². The second-order valence-electron chi connectivity index (χ2n) is 4.69. The summed E-state index contributed by atoms with van der Waals surface area (Å²) in [6.45, 7) is 2.10. The molecule has 0 aliphatic rings. The molecule has 0 aromatic heterocycles. The fourth-order valence-corrected chi connectivity index (χ4v) is 2.59. The fourth-order valence-electron chi connectivity index (χ4n) is 1.83. The van der Waals surface area contributed by atoms with E-state index < -0.39 is 0 Å². The van der Waals surface area contributed by atoms with Crippen molar-refractivity contribution in [1.29, 1.82) is 0 Å². The van der Waals surface area contributed by atoms with Crippen LogP contribution in [-0.4, -0.2) is 6.04 Å². The molecule has 106 valence electrons. The smallest absolute Gasteiger partial charge is 0.141 e. The zero-order chi connectivity index (χ0) is 14.5. The predicted octanol–water partition coefficient (Wildman–Crippen LogP) is 5.17. The van der Waals surface area contributed by atoms with Crippen molar-refractivity contribution in [2.24, 2.45) is 5.73 Å². The zero-order valence-corrected chi connectivity index (χ0v) is 13.6. The van der Waals surface area contributed by atoms with Crippen LogP contribution in [0.25, 0.3) is 0 Å². The molecule has 1 atom stereocenters. The topological polar surface area (TPSA) is 35.2 Å². The molecular formula is C16H17BrClNO. The first-order valence-electron chi connectivity index (χ1n) is 6.56. The molecule has 0 fully saturated rings. The van der Waals surface area contributed by atoms with Crippen LogP contribution in [0.3, 0.4) is 0 Å². The van der Waals surface area contributed by atoms with Crippen LogP contribution in [0.4, 0.5) is 0 Å². The Labute approximate surface area is 133 Å². The number of nitrogens with two attached hydrogens (primary N) is 1. The number of hydrogen-bond acceptors (Lipinski definition) is 2. The summed E-state index contributed by atoms with van der Waals surface area (Å²) in [5, 5.41) is 0.674. The standard InChI is InChI=1S/C16H17BrClNO/c1-2-13(19)9-11-3-6-14(7-4-11)20-16-8-5-12(18)10-15(16)17/h3-8,10,13H,2,9,19H2,1H3. The first-order valence-corrected chi connectivity index (χ1v) is 7.73. The summed E-state index contributed by atoms with van der Waals surface area (Å²) >= 11 is 9.34. The van der Waals surface area contributed by atoms with E-state index in [1.807, 2.05) is 24.3 Å². The lowest BCUT2D eigenvalue weighted by atomic mass is 10.0. The molecule has 2 aromatic carbocycles. The molecular weight excluding hydrogens is 338 g/mol. The van der Waals surface area contributed by atoms with Crippen molar-refractivity contribution in [1.82, 2.24) is 0 Å². The van der Waals surface area contributed by atoms with Crippen molar-refractivity contribution < 1.29 is 4.74 Å². The Hall–Kier alpha value is -1.03. The molecule has 0 radical (unpaired) electrons. The third-order valence-electron chi connectivity index (χ3n) is 3.07. The van der Waals surface area contributed by atoms with E-state index in [-0.39, 0.29) is 6.04 Å². The van der Waals surface area contributed by atoms with Crippen molar-refractivity contribution >= 4 is 27.5 Å². The average Bonchev–Trinajstić information content (AvgIpc) is 2.44. The maximum Gasteiger partial charge on any atom is 0.141 e. The van der Waals surface area contributed by atoms with Crippen LogP contribution >= 0.6 is 27.5 Å². The van der Waals surface area contributed by atoms with Gasteiger partial charge in [-0.2, -0.15) is 0 Å². The summed E-state index contributed by atoms with van der Waals surface area (Å²) < 4.78 is 6.65. The molecule has 2 aromatic rings. The first-order chi connectivity index (χ1) is 9.58. The number of hydrogen-bond donors (Lipinski definition) is 1. The molecule has 2 N–H and O–H groups in total. The Balaban J connectivity index is 2.07. The summed E-state index contributed by atoms with van der Waals surface area (Å²) in [5.41, 5.74) is 7.17. The highest BCUT2D eigenvalue weighted by molar-refractivity contribution is 9.10. The van der Waals surface area contributed by atoms with E-state index in [0.29, 0.717) is 5.02 Å². The van der Waals surface area contributed by atoms with Gasteiger partial charge in [-0.25, -0.2) is 0 Å². The lowest BCUT2D eigenvalue weighted by molar-refractivity contribution is 0.479. The largest absolute Gasteiger partial charge is 0.456 e. The Morgan fingerprint density at radius 3 is 2.50 bits per heavy atom. The van der Waals surface area contributed by atoms with Gasteiger partial charge in [0.1, 0.15) is 11.5 Å². The van der Waals surface area contributed by atoms with Crippen LogP contribution in [0, 0.1) is 0 Å². The Morgan fingerprint density at radius 1 is 1.20 bits per heavy atom. The van der Waals surface area contributed by atoms with Gasteiger partial charge in [-0.05, 0) is 64.7 Å². The minimum atomic E-state index is 0.215. The molecule has 2 nitrogen and oxygen atoms in total. The van der Waals surface area contributed by atoms with Gasteiger partial charge < -0.3 is 10.5 Å². The molecule has 0 saturated carbocycles. The van der Waals surface area contributed by atoms with E-state index in [0.717, 1.165) is 28.8 Å². The lowest BCUT2D eigenvalue weighted by Gasteiger charge is -2.11. The van der Waals surface area contributed by atoms with Gasteiger partial charge in [0.2, 0.25) is 0 Å². The summed E-state index contributed by atoms with van der Waals surface area (Å²) in [6.07, 6.45) is 1.87. The molecule has 20 heavy (non-hydrogen) atoms. The Kier molecular flexibility index (Phi) is 5.46. The van der Waals surface area contributed by atoms with Crippen LogP contribution in [0.5, 0.6) is 11.5 Å². The quantitative estimate of drug-likeness (QED) is 0.803. The van der Waals surface area contributed by atoms with Gasteiger partial charge in [0, 0.05) is 11.1 Å². The zero-order valence-electron chi connectivity index (χ0n) is 11.3. The third-order valence-corrected chi connectivity index (χ3v) is 3.92. The van der Waals surface area contributed by atoms with Crippen molar-refractivity contribution in [3.63, 3.8) is 0 Å². The second-order valence-corrected chi connectivity index (χ2v) is 5.98. The summed E-state index contributed by atoms with van der Waals surface area (Å²) in [5.74, 6) is 1.54. The highest BCUT2D eigenvalue weighted by atomic mass is 79.9. The summed E-state index contributed by atoms with van der Waals surface area (Å²) in [6, 6.07) is 13.7. The van der Waals surface area contributed by atoms with Crippen LogP contribution in [-0.2, 0) is 6.42 Å². The maximum atomic E-state index is 5.95. The molecule has 0 bridgehead atoms. The predicted molar refractivity (Wildman–Crippen MR) is 87.6 cm³/mol. The van der Waals surface area contributed by atoms with E-state index in [4.69, 9.17) is 22.1 Å². The van der Waals surface area contributed by atoms with Crippen molar-refractivity contribution in [3.05, 3.63) is 57.5 Å². The molecule has 0 aliphatic heterocycles. The second kappa shape index (κ2) is 7.11. The van der Waals surface area contributed by atoms with E-state index >= 15 is 0 Å². The van der Waals surface area contributed by atoms with Crippen LogP contribution in [0.15, 0.2) is 46.9 Å². The van der Waals surface area contributed by atoms with E-state index in [1.165, 1.54) is 5.56 Å². The normalized spacial score (nSPS) is 12.2. The van der Waals surface area contributed by atoms with Gasteiger partial charge in [-0.1, -0.05) is 30.7 Å². The van der Waals surface area contributed by atoms with E-state index in [9.17, 15) is 0 Å². The van der Waals surface area contributed by atoms with Gasteiger partial charge in [0.05, 0.1) is 4.47 Å². The molecule has 0 amide bonds. The van der Waals surface area contributed by atoms with Gasteiger partial charge in [-0.3, -0.25) is 0 Å². The average molecular weight is 355 g/mol. The molecule has 0 spiro atoms. The molecule has 0 saturated heterocycles. The molecule has 4 heteroatoms. The minimum Gasteiger partial charge on any atom is -0.456 e. The highest BCUT2D eigenvalue weighted by Crippen LogP contribution is 2.31. The molecule has 0 heterocycles. The summed E-state index contributed by atoms with van der Waals surface area (Å²) in [7, 11) is 0. The van der Waals surface area contributed by atoms with E-state index in [1.54, 1.807) is 6.07 Å². The Morgan fingerprint density at radius 2 is 1.90 bits per heavy atom. The van der Waals surface area contributed by atoms with Gasteiger partial charge in [0.25, 0.3) is 0 Å². The maximum absolute atomic E-state index is 5.95. The minimum absolute atomic E-state index is 0.215. The third kappa shape index (κ3) is 4.23. The lowest BCUT2D eigenvalue weighted by Crippen LogP contribution is -2.21. The molecule has 0 aliphatic carbocycles. The van der Waals surface area contributed by atoms with Crippen LogP contribution in [0.1, 0.15) is 18.9 Å². The molecule has 2 rings (SSSR count). The van der Waals surface area contributed by atoms with Crippen molar-refractivity contribution in [3.8, 4) is 11.5 Å². The van der Waals surface area contributed by atoms with Crippen molar-refractivity contribution in [2.75, 3.05) is 0 Å². The van der Waals surface area contributed by atoms with Gasteiger partial charge in [0.15, 0.2) is 0 Å². The number of benzene rings is 2.